The molecule has 130 valence electrons. The number of benzene rings is 1. The number of hydrogen-bond donors (Lipinski definition) is 1. The van der Waals surface area contributed by atoms with Crippen LogP contribution in [0.5, 0.6) is 5.75 Å². The van der Waals surface area contributed by atoms with Gasteiger partial charge in [0.1, 0.15) is 12.3 Å². The number of alkyl halides is 3. The van der Waals surface area contributed by atoms with Crippen molar-refractivity contribution in [1.82, 2.24) is 9.55 Å². The number of aromatic nitrogens is 2. The Hall–Kier alpha value is -2.88. The van der Waals surface area contributed by atoms with Crippen molar-refractivity contribution in [3.05, 3.63) is 52.9 Å². The summed E-state index contributed by atoms with van der Waals surface area (Å²) in [6, 6.07) is 8.21. The number of rotatable bonds is 4. The molecular formula is C15H10F3N3O3S. The lowest BCUT2D eigenvalue weighted by Gasteiger charge is -2.07. The van der Waals surface area contributed by atoms with Gasteiger partial charge in [-0.3, -0.25) is 9.59 Å². The molecule has 0 unspecified atom stereocenters. The molecule has 0 aliphatic rings. The quantitative estimate of drug-likeness (QED) is 0.767. The van der Waals surface area contributed by atoms with Gasteiger partial charge in [0.25, 0.3) is 5.56 Å². The molecule has 0 radical (unpaired) electrons. The maximum Gasteiger partial charge on any atom is 0.573 e. The molecule has 3 rings (SSSR count). The molecule has 2 aromatic heterocycles. The van der Waals surface area contributed by atoms with Crippen molar-refractivity contribution in [2.24, 2.45) is 0 Å². The van der Waals surface area contributed by atoms with Crippen LogP contribution in [0.15, 0.2) is 47.4 Å². The number of nitrogens with zero attached hydrogens (tertiary/aromatic N) is 2. The lowest BCUT2D eigenvalue weighted by molar-refractivity contribution is -0.274. The van der Waals surface area contributed by atoms with Gasteiger partial charge < -0.3 is 14.6 Å². The van der Waals surface area contributed by atoms with Crippen LogP contribution in [0.2, 0.25) is 0 Å². The summed E-state index contributed by atoms with van der Waals surface area (Å²) in [6.07, 6.45) is -3.31. The monoisotopic (exact) mass is 369 g/mol. The molecule has 6 nitrogen and oxygen atoms in total. The molecule has 0 spiro atoms. The van der Waals surface area contributed by atoms with Crippen LogP contribution < -0.4 is 15.6 Å². The van der Waals surface area contributed by atoms with Crippen LogP contribution in [0, 0.1) is 0 Å². The number of carbonyl (C=O) groups is 1. The SMILES string of the molecule is O=C(Cn1ccccc1=O)Nc1nc2ccc(OC(F)(F)F)cc2s1. The number of thiazole rings is 1. The van der Waals surface area contributed by atoms with E-state index in [1.807, 2.05) is 0 Å². The van der Waals surface area contributed by atoms with Gasteiger partial charge in [-0.25, -0.2) is 4.98 Å². The van der Waals surface area contributed by atoms with Gasteiger partial charge in [0.15, 0.2) is 5.13 Å². The molecule has 10 heteroatoms. The zero-order valence-corrected chi connectivity index (χ0v) is 13.2. The summed E-state index contributed by atoms with van der Waals surface area (Å²) >= 11 is 1.00. The Morgan fingerprint density at radius 3 is 2.80 bits per heavy atom. The third-order valence-corrected chi connectivity index (χ3v) is 3.99. The van der Waals surface area contributed by atoms with Gasteiger partial charge in [-0.1, -0.05) is 17.4 Å². The highest BCUT2D eigenvalue weighted by Crippen LogP contribution is 2.31. The molecule has 0 bridgehead atoms. The van der Waals surface area contributed by atoms with Gasteiger partial charge in [0.05, 0.1) is 10.2 Å². The summed E-state index contributed by atoms with van der Waals surface area (Å²) in [6.45, 7) is -0.196. The molecule has 3 aromatic rings. The van der Waals surface area contributed by atoms with Gasteiger partial charge in [-0.15, -0.1) is 13.2 Å². The predicted octanol–water partition coefficient (Wildman–Crippen LogP) is 3.00. The molecule has 0 atom stereocenters. The van der Waals surface area contributed by atoms with Crippen molar-refractivity contribution < 1.29 is 22.7 Å². The summed E-state index contributed by atoms with van der Waals surface area (Å²) in [5, 5.41) is 2.74. The van der Waals surface area contributed by atoms with Crippen LogP contribution >= 0.6 is 11.3 Å². The minimum Gasteiger partial charge on any atom is -0.406 e. The molecule has 0 fully saturated rings. The van der Waals surface area contributed by atoms with E-state index in [1.54, 1.807) is 12.1 Å². The van der Waals surface area contributed by atoms with Crippen LogP contribution in [0.3, 0.4) is 0 Å². The minimum absolute atomic E-state index is 0.196. The molecule has 0 aliphatic heterocycles. The van der Waals surface area contributed by atoms with Gasteiger partial charge in [-0.05, 0) is 18.2 Å². The summed E-state index contributed by atoms with van der Waals surface area (Å²) in [5.41, 5.74) is 0.0996. The third kappa shape index (κ3) is 4.35. The smallest absolute Gasteiger partial charge is 0.406 e. The molecule has 1 aromatic carbocycles. The number of hydrogen-bond acceptors (Lipinski definition) is 5. The number of halogens is 3. The van der Waals surface area contributed by atoms with Crippen molar-refractivity contribution in [3.63, 3.8) is 0 Å². The Balaban J connectivity index is 1.74. The maximum atomic E-state index is 12.2. The topological polar surface area (TPSA) is 73.2 Å². The van der Waals surface area contributed by atoms with E-state index >= 15 is 0 Å². The van der Waals surface area contributed by atoms with Crippen LogP contribution in [-0.2, 0) is 11.3 Å². The molecule has 2 heterocycles. The van der Waals surface area contributed by atoms with E-state index < -0.39 is 12.3 Å². The van der Waals surface area contributed by atoms with E-state index in [9.17, 15) is 22.8 Å². The van der Waals surface area contributed by atoms with Crippen molar-refractivity contribution in [2.75, 3.05) is 5.32 Å². The first-order valence-electron chi connectivity index (χ1n) is 6.92. The summed E-state index contributed by atoms with van der Waals surface area (Å²) in [7, 11) is 0. The fourth-order valence-corrected chi connectivity index (χ4v) is 2.97. The molecule has 0 saturated heterocycles. The van der Waals surface area contributed by atoms with Crippen LogP contribution in [0.1, 0.15) is 0 Å². The van der Waals surface area contributed by atoms with Gasteiger partial charge in [0, 0.05) is 18.3 Å². The molecule has 25 heavy (non-hydrogen) atoms. The van der Waals surface area contributed by atoms with Crippen molar-refractivity contribution in [1.29, 1.82) is 0 Å². The average Bonchev–Trinajstić information content (AvgIpc) is 2.89. The van der Waals surface area contributed by atoms with E-state index in [2.05, 4.69) is 15.0 Å². The fourth-order valence-electron chi connectivity index (χ4n) is 2.06. The van der Waals surface area contributed by atoms with E-state index in [0.717, 1.165) is 17.4 Å². The second-order valence-corrected chi connectivity index (χ2v) is 5.94. The molecule has 1 amide bonds. The lowest BCUT2D eigenvalue weighted by atomic mass is 10.3. The zero-order valence-electron chi connectivity index (χ0n) is 12.4. The van der Waals surface area contributed by atoms with Gasteiger partial charge in [-0.2, -0.15) is 0 Å². The molecule has 1 N–H and O–H groups in total. The highest BCUT2D eigenvalue weighted by molar-refractivity contribution is 7.22. The standard InChI is InChI=1S/C15H10F3N3O3S/c16-15(17,18)24-9-4-5-10-11(7-9)25-14(19-10)20-12(22)8-21-6-2-1-3-13(21)23/h1-7H,8H2,(H,19,20,22). The largest absolute Gasteiger partial charge is 0.573 e. The first-order valence-corrected chi connectivity index (χ1v) is 7.73. The Morgan fingerprint density at radius 2 is 2.08 bits per heavy atom. The normalized spacial score (nSPS) is 11.5. The van der Waals surface area contributed by atoms with Crippen molar-refractivity contribution in [3.8, 4) is 5.75 Å². The zero-order chi connectivity index (χ0) is 18.0. The number of nitrogens with one attached hydrogen (secondary N) is 1. The van der Waals surface area contributed by atoms with Gasteiger partial charge in [0.2, 0.25) is 5.91 Å². The number of carbonyl (C=O) groups excluding carboxylic acids is 1. The predicted molar refractivity (Wildman–Crippen MR) is 85.6 cm³/mol. The first kappa shape index (κ1) is 17.0. The van der Waals surface area contributed by atoms with Crippen molar-refractivity contribution in [2.45, 2.75) is 12.9 Å². The summed E-state index contributed by atoms with van der Waals surface area (Å²) in [5.74, 6) is -0.837. The molecular weight excluding hydrogens is 359 g/mol. The van der Waals surface area contributed by atoms with Gasteiger partial charge >= 0.3 is 6.36 Å². The molecule has 0 saturated carbocycles. The fraction of sp³-hybridized carbons (Fsp3) is 0.133. The Kier molecular flexibility index (Phi) is 4.45. The second-order valence-electron chi connectivity index (χ2n) is 4.91. The lowest BCUT2D eigenvalue weighted by Crippen LogP contribution is -2.26. The number of ether oxygens (including phenoxy) is 1. The van der Waals surface area contributed by atoms with Crippen LogP contribution in [-0.4, -0.2) is 21.8 Å². The Labute approximate surface area is 142 Å². The first-order chi connectivity index (χ1) is 11.8. The van der Waals surface area contributed by atoms with Crippen molar-refractivity contribution >= 4 is 32.6 Å². The highest BCUT2D eigenvalue weighted by atomic mass is 32.1. The van der Waals surface area contributed by atoms with Crippen LogP contribution in [0.4, 0.5) is 18.3 Å². The van der Waals surface area contributed by atoms with E-state index in [1.165, 1.54) is 29.0 Å². The minimum atomic E-state index is -4.78. The third-order valence-electron chi connectivity index (χ3n) is 3.05. The Morgan fingerprint density at radius 1 is 1.28 bits per heavy atom. The number of anilines is 1. The average molecular weight is 369 g/mol. The highest BCUT2D eigenvalue weighted by Gasteiger charge is 2.31. The second kappa shape index (κ2) is 6.55. The number of fused-ring (bicyclic) bond motifs is 1. The number of pyridine rings is 1. The maximum absolute atomic E-state index is 12.2. The van der Waals surface area contributed by atoms with E-state index in [0.29, 0.717) is 10.2 Å². The Bertz CT molecular complexity index is 981. The van der Waals surface area contributed by atoms with E-state index in [-0.39, 0.29) is 23.0 Å². The summed E-state index contributed by atoms with van der Waals surface area (Å²) < 4.78 is 42.2. The van der Waals surface area contributed by atoms with E-state index in [4.69, 9.17) is 0 Å². The number of amides is 1. The summed E-state index contributed by atoms with van der Waals surface area (Å²) in [4.78, 5) is 27.7. The van der Waals surface area contributed by atoms with Crippen LogP contribution in [0.25, 0.3) is 10.2 Å². The molecule has 0 aliphatic carbocycles.